The Bertz CT molecular complexity index is 653. The first-order valence-electron chi connectivity index (χ1n) is 8.87. The number of carbonyl (C=O) groups is 1. The lowest BCUT2D eigenvalue weighted by atomic mass is 10.1. The van der Waals surface area contributed by atoms with Gasteiger partial charge in [-0.1, -0.05) is 57.2 Å². The highest BCUT2D eigenvalue weighted by Gasteiger charge is 2.07. The summed E-state index contributed by atoms with van der Waals surface area (Å²) >= 11 is 0. The normalized spacial score (nSPS) is 10.5. The molecule has 0 aliphatic carbocycles. The summed E-state index contributed by atoms with van der Waals surface area (Å²) in [6.45, 7) is 3.12. The Morgan fingerprint density at radius 3 is 2.28 bits per heavy atom. The van der Waals surface area contributed by atoms with E-state index in [1.54, 1.807) is 30.3 Å². The van der Waals surface area contributed by atoms with Crippen molar-refractivity contribution in [3.05, 3.63) is 48.3 Å². The number of rotatable bonds is 11. The van der Waals surface area contributed by atoms with Gasteiger partial charge in [0.2, 0.25) is 0 Å². The smallest absolute Gasteiger partial charge is 0.298 e. The number of unbranched alkanes of at least 4 members (excludes halogenated alkanes) is 5. The molecule has 0 atom stereocenters. The highest BCUT2D eigenvalue weighted by molar-refractivity contribution is 5.65. The Kier molecular flexibility index (Phi) is 7.96. The topological polar surface area (TPSA) is 35.5 Å². The molecule has 0 N–H and O–H groups in total. The summed E-state index contributed by atoms with van der Waals surface area (Å²) in [5.74, 6) is 0.382. The van der Waals surface area contributed by atoms with E-state index in [0.29, 0.717) is 24.6 Å². The van der Waals surface area contributed by atoms with Gasteiger partial charge < -0.3 is 9.47 Å². The molecule has 0 spiro atoms. The van der Waals surface area contributed by atoms with Crippen molar-refractivity contribution in [1.82, 2.24) is 0 Å². The van der Waals surface area contributed by atoms with Gasteiger partial charge in [0, 0.05) is 0 Å². The molecular weight excluding hydrogens is 319 g/mol. The van der Waals surface area contributed by atoms with E-state index >= 15 is 0 Å². The second-order valence-electron chi connectivity index (χ2n) is 6.00. The van der Waals surface area contributed by atoms with Crippen molar-refractivity contribution in [1.29, 1.82) is 0 Å². The molecule has 0 bridgehead atoms. The molecule has 0 fully saturated rings. The number of hydrogen-bond donors (Lipinski definition) is 0. The van der Waals surface area contributed by atoms with Crippen LogP contribution in [-0.2, 0) is 4.79 Å². The van der Waals surface area contributed by atoms with Crippen molar-refractivity contribution in [2.24, 2.45) is 0 Å². The van der Waals surface area contributed by atoms with Crippen LogP contribution in [0.2, 0.25) is 0 Å². The highest BCUT2D eigenvalue weighted by Crippen LogP contribution is 2.27. The van der Waals surface area contributed by atoms with Crippen molar-refractivity contribution >= 4 is 6.47 Å². The van der Waals surface area contributed by atoms with E-state index in [9.17, 15) is 9.18 Å². The van der Waals surface area contributed by atoms with Crippen molar-refractivity contribution in [2.75, 3.05) is 6.61 Å². The van der Waals surface area contributed by atoms with Crippen molar-refractivity contribution < 1.29 is 18.7 Å². The standard InChI is InChI=1S/C21H25FO3/c1-2-3-4-5-6-7-14-24-21-13-10-18(15-20(21)22)17-8-11-19(12-9-17)25-16-23/h8-13,15-16H,2-7,14H2,1H3. The molecule has 0 aliphatic rings. The molecule has 0 aliphatic heterocycles. The quantitative estimate of drug-likeness (QED) is 0.383. The fraction of sp³-hybridized carbons (Fsp3) is 0.381. The van der Waals surface area contributed by atoms with Crippen LogP contribution in [0.5, 0.6) is 11.5 Å². The van der Waals surface area contributed by atoms with Crippen molar-refractivity contribution in [3.8, 4) is 22.6 Å². The summed E-state index contributed by atoms with van der Waals surface area (Å²) in [6, 6.07) is 11.9. The van der Waals surface area contributed by atoms with Crippen molar-refractivity contribution in [3.63, 3.8) is 0 Å². The minimum absolute atomic E-state index is 0.290. The van der Waals surface area contributed by atoms with E-state index in [0.717, 1.165) is 24.0 Å². The lowest BCUT2D eigenvalue weighted by molar-refractivity contribution is -0.120. The predicted molar refractivity (Wildman–Crippen MR) is 97.4 cm³/mol. The van der Waals surface area contributed by atoms with Gasteiger partial charge in [0.1, 0.15) is 5.75 Å². The number of carbonyl (C=O) groups excluding carboxylic acids is 1. The third kappa shape index (κ3) is 6.22. The molecule has 0 amide bonds. The summed E-state index contributed by atoms with van der Waals surface area (Å²) in [4.78, 5) is 10.3. The van der Waals surface area contributed by atoms with Gasteiger partial charge in [-0.05, 0) is 41.8 Å². The third-order valence-corrected chi connectivity index (χ3v) is 4.06. The molecule has 0 saturated heterocycles. The summed E-state index contributed by atoms with van der Waals surface area (Å²) < 4.78 is 24.5. The summed E-state index contributed by atoms with van der Waals surface area (Å²) in [6.07, 6.45) is 7.05. The number of ether oxygens (including phenoxy) is 2. The van der Waals surface area contributed by atoms with Crippen LogP contribution < -0.4 is 9.47 Å². The van der Waals surface area contributed by atoms with Gasteiger partial charge in [0.05, 0.1) is 6.61 Å². The molecule has 25 heavy (non-hydrogen) atoms. The summed E-state index contributed by atoms with van der Waals surface area (Å²) in [5.41, 5.74) is 1.60. The maximum absolute atomic E-state index is 14.2. The van der Waals surface area contributed by atoms with Gasteiger partial charge in [-0.3, -0.25) is 4.79 Å². The number of halogens is 1. The van der Waals surface area contributed by atoms with Crippen LogP contribution in [0.25, 0.3) is 11.1 Å². The SMILES string of the molecule is CCCCCCCCOc1ccc(-c2ccc(OC=O)cc2)cc1F. The minimum atomic E-state index is -0.364. The molecule has 4 heteroatoms. The average molecular weight is 344 g/mol. The molecule has 0 saturated carbocycles. The fourth-order valence-electron chi connectivity index (χ4n) is 2.64. The first-order valence-corrected chi connectivity index (χ1v) is 8.87. The maximum atomic E-state index is 14.2. The molecule has 0 heterocycles. The van der Waals surface area contributed by atoms with Crippen LogP contribution in [0.3, 0.4) is 0 Å². The van der Waals surface area contributed by atoms with Gasteiger partial charge in [0.25, 0.3) is 6.47 Å². The first kappa shape index (κ1) is 19.0. The Labute approximate surface area is 148 Å². The molecule has 2 aromatic rings. The van der Waals surface area contributed by atoms with Crippen LogP contribution in [-0.4, -0.2) is 13.1 Å². The Morgan fingerprint density at radius 2 is 1.60 bits per heavy atom. The Morgan fingerprint density at radius 1 is 0.920 bits per heavy atom. The Hall–Kier alpha value is -2.36. The first-order chi connectivity index (χ1) is 12.2. The Balaban J connectivity index is 1.86. The molecular formula is C21H25FO3. The average Bonchev–Trinajstić information content (AvgIpc) is 2.63. The van der Waals surface area contributed by atoms with E-state index in [1.165, 1.54) is 31.7 Å². The molecule has 134 valence electrons. The molecule has 0 unspecified atom stereocenters. The minimum Gasteiger partial charge on any atom is -0.491 e. The molecule has 2 aromatic carbocycles. The van der Waals surface area contributed by atoms with Gasteiger partial charge in [-0.25, -0.2) is 4.39 Å². The van der Waals surface area contributed by atoms with Crippen LogP contribution >= 0.6 is 0 Å². The lowest BCUT2D eigenvalue weighted by Crippen LogP contribution is -1.99. The predicted octanol–water partition coefficient (Wildman–Crippen LogP) is 5.77. The monoisotopic (exact) mass is 344 g/mol. The number of hydrogen-bond acceptors (Lipinski definition) is 3. The fourth-order valence-corrected chi connectivity index (χ4v) is 2.64. The molecule has 2 rings (SSSR count). The molecule has 0 aromatic heterocycles. The van der Waals surface area contributed by atoms with Crippen LogP contribution in [0.15, 0.2) is 42.5 Å². The van der Waals surface area contributed by atoms with E-state index in [2.05, 4.69) is 6.92 Å². The maximum Gasteiger partial charge on any atom is 0.298 e. The molecule has 0 radical (unpaired) electrons. The zero-order chi connectivity index (χ0) is 17.9. The van der Waals surface area contributed by atoms with E-state index in [-0.39, 0.29) is 5.82 Å². The highest BCUT2D eigenvalue weighted by atomic mass is 19.1. The van der Waals surface area contributed by atoms with Gasteiger partial charge in [-0.2, -0.15) is 0 Å². The second-order valence-corrected chi connectivity index (χ2v) is 6.00. The second kappa shape index (κ2) is 10.5. The number of benzene rings is 2. The molecule has 3 nitrogen and oxygen atoms in total. The van der Waals surface area contributed by atoms with Gasteiger partial charge >= 0.3 is 0 Å². The summed E-state index contributed by atoms with van der Waals surface area (Å²) in [7, 11) is 0. The van der Waals surface area contributed by atoms with E-state index in [4.69, 9.17) is 9.47 Å². The van der Waals surface area contributed by atoms with Crippen molar-refractivity contribution in [2.45, 2.75) is 45.4 Å². The van der Waals surface area contributed by atoms with E-state index < -0.39 is 0 Å². The third-order valence-electron chi connectivity index (χ3n) is 4.06. The van der Waals surface area contributed by atoms with Crippen LogP contribution in [0.1, 0.15) is 45.4 Å². The zero-order valence-corrected chi connectivity index (χ0v) is 14.7. The lowest BCUT2D eigenvalue weighted by Gasteiger charge is -2.09. The van der Waals surface area contributed by atoms with Crippen LogP contribution in [0, 0.1) is 5.82 Å². The van der Waals surface area contributed by atoms with Gasteiger partial charge in [-0.15, -0.1) is 0 Å². The van der Waals surface area contributed by atoms with Crippen LogP contribution in [0.4, 0.5) is 4.39 Å². The summed E-state index contributed by atoms with van der Waals surface area (Å²) in [5, 5.41) is 0. The van der Waals surface area contributed by atoms with Gasteiger partial charge in [0.15, 0.2) is 11.6 Å². The largest absolute Gasteiger partial charge is 0.491 e. The van der Waals surface area contributed by atoms with E-state index in [1.807, 2.05) is 6.07 Å². The zero-order valence-electron chi connectivity index (χ0n) is 14.7.